The highest BCUT2D eigenvalue weighted by molar-refractivity contribution is 5.92. The number of fused-ring (bicyclic) bond motifs is 1. The molecule has 0 radical (unpaired) electrons. The van der Waals surface area contributed by atoms with Crippen molar-refractivity contribution in [3.63, 3.8) is 0 Å². The average molecular weight is 328 g/mol. The summed E-state index contributed by atoms with van der Waals surface area (Å²) < 4.78 is 1.84. The first-order valence-corrected chi connectivity index (χ1v) is 8.40. The van der Waals surface area contributed by atoms with Gasteiger partial charge in [0.15, 0.2) is 0 Å². The Bertz CT molecular complexity index is 739. The summed E-state index contributed by atoms with van der Waals surface area (Å²) in [5, 5.41) is 3.36. The minimum absolute atomic E-state index is 0.0193. The van der Waals surface area contributed by atoms with E-state index in [0.717, 1.165) is 42.9 Å². The van der Waals surface area contributed by atoms with Gasteiger partial charge in [-0.25, -0.2) is 4.98 Å². The van der Waals surface area contributed by atoms with E-state index >= 15 is 0 Å². The van der Waals surface area contributed by atoms with Crippen LogP contribution >= 0.6 is 0 Å². The van der Waals surface area contributed by atoms with Gasteiger partial charge in [-0.15, -0.1) is 0 Å². The third-order valence-electron chi connectivity index (χ3n) is 4.36. The number of unbranched alkanes of at least 4 members (excludes halogenated alkanes) is 1. The number of nitrogens with one attached hydrogen (secondary N) is 1. The second kappa shape index (κ2) is 6.90. The van der Waals surface area contributed by atoms with E-state index in [9.17, 15) is 4.79 Å². The van der Waals surface area contributed by atoms with Crippen molar-refractivity contribution in [3.8, 4) is 0 Å². The van der Waals surface area contributed by atoms with Crippen LogP contribution in [0.3, 0.4) is 0 Å². The minimum Gasteiger partial charge on any atom is -0.370 e. The normalized spacial score (nSPS) is 13.7. The number of hydrogen-bond acceptors (Lipinski definition) is 5. The summed E-state index contributed by atoms with van der Waals surface area (Å²) in [5.41, 5.74) is 8.46. The van der Waals surface area contributed by atoms with Crippen molar-refractivity contribution in [1.29, 1.82) is 0 Å². The van der Waals surface area contributed by atoms with Crippen molar-refractivity contribution >= 4 is 17.7 Å². The van der Waals surface area contributed by atoms with E-state index in [1.807, 2.05) is 34.8 Å². The Hall–Kier alpha value is -2.57. The Morgan fingerprint density at radius 3 is 2.96 bits per heavy atom. The van der Waals surface area contributed by atoms with E-state index in [4.69, 9.17) is 5.73 Å². The number of nitrogen functional groups attached to an aromatic ring is 1. The number of carbonyl (C=O) groups excluding carboxylic acids is 1. The topological polar surface area (TPSA) is 89.1 Å². The van der Waals surface area contributed by atoms with Gasteiger partial charge in [-0.2, -0.15) is 4.98 Å². The summed E-state index contributed by atoms with van der Waals surface area (Å²) in [6, 6.07) is 3.71. The highest BCUT2D eigenvalue weighted by atomic mass is 16.2. The summed E-state index contributed by atoms with van der Waals surface area (Å²) in [6.07, 6.45) is 4.81. The summed E-state index contributed by atoms with van der Waals surface area (Å²) in [7, 11) is 1.88. The van der Waals surface area contributed by atoms with E-state index < -0.39 is 0 Å². The monoisotopic (exact) mass is 328 g/mol. The number of aromatic nitrogens is 3. The van der Waals surface area contributed by atoms with Crippen molar-refractivity contribution in [1.82, 2.24) is 19.4 Å². The molecule has 128 valence electrons. The number of aryl methyl sites for hydroxylation is 1. The van der Waals surface area contributed by atoms with Crippen molar-refractivity contribution in [2.75, 3.05) is 24.1 Å². The number of nitrogens with two attached hydrogens (primary N) is 1. The molecule has 0 unspecified atom stereocenters. The van der Waals surface area contributed by atoms with Crippen LogP contribution in [0.4, 0.5) is 11.8 Å². The van der Waals surface area contributed by atoms with Gasteiger partial charge in [0.1, 0.15) is 11.5 Å². The summed E-state index contributed by atoms with van der Waals surface area (Å²) in [4.78, 5) is 23.2. The largest absolute Gasteiger partial charge is 0.370 e. The molecule has 3 rings (SSSR count). The Labute approximate surface area is 141 Å². The molecule has 3 heterocycles. The molecule has 0 saturated heterocycles. The number of carbonyl (C=O) groups is 1. The maximum atomic E-state index is 12.7. The molecule has 0 aliphatic carbocycles. The maximum Gasteiger partial charge on any atom is 0.270 e. The molecule has 0 saturated carbocycles. The molecule has 0 aromatic carbocycles. The molecule has 24 heavy (non-hydrogen) atoms. The molecule has 2 aromatic rings. The van der Waals surface area contributed by atoms with Crippen molar-refractivity contribution in [2.45, 2.75) is 32.7 Å². The zero-order valence-corrected chi connectivity index (χ0v) is 14.2. The molecule has 3 N–H and O–H groups in total. The SMILES string of the molecule is CCCCNc1nc(N)nc2c1CCN(C(=O)c1cccn1C)C2. The van der Waals surface area contributed by atoms with Crippen LogP contribution in [0.25, 0.3) is 0 Å². The number of anilines is 2. The Morgan fingerprint density at radius 2 is 2.25 bits per heavy atom. The van der Waals surface area contributed by atoms with Crippen LogP contribution < -0.4 is 11.1 Å². The molecule has 1 aliphatic heterocycles. The Balaban J connectivity index is 1.80. The van der Waals surface area contributed by atoms with Gasteiger partial charge < -0.3 is 20.5 Å². The van der Waals surface area contributed by atoms with Crippen LogP contribution in [0.15, 0.2) is 18.3 Å². The van der Waals surface area contributed by atoms with E-state index in [2.05, 4.69) is 22.2 Å². The average Bonchev–Trinajstić information content (AvgIpc) is 2.99. The molecular formula is C17H24N6O. The van der Waals surface area contributed by atoms with Crippen molar-refractivity contribution in [3.05, 3.63) is 35.3 Å². The van der Waals surface area contributed by atoms with E-state index in [0.29, 0.717) is 18.8 Å². The molecule has 1 aliphatic rings. The lowest BCUT2D eigenvalue weighted by Gasteiger charge is -2.29. The van der Waals surface area contributed by atoms with Gasteiger partial charge >= 0.3 is 0 Å². The second-order valence-electron chi connectivity index (χ2n) is 6.12. The zero-order valence-electron chi connectivity index (χ0n) is 14.2. The Morgan fingerprint density at radius 1 is 1.42 bits per heavy atom. The highest BCUT2D eigenvalue weighted by Gasteiger charge is 2.26. The van der Waals surface area contributed by atoms with Crippen LogP contribution in [0.2, 0.25) is 0 Å². The van der Waals surface area contributed by atoms with Crippen LogP contribution in [0.1, 0.15) is 41.5 Å². The molecule has 7 heteroatoms. The van der Waals surface area contributed by atoms with E-state index in [1.165, 1.54) is 0 Å². The van der Waals surface area contributed by atoms with Gasteiger partial charge in [0.05, 0.1) is 12.2 Å². The first-order chi connectivity index (χ1) is 11.6. The zero-order chi connectivity index (χ0) is 17.1. The number of rotatable bonds is 5. The fraction of sp³-hybridized carbons (Fsp3) is 0.471. The molecule has 0 atom stereocenters. The van der Waals surface area contributed by atoms with Gasteiger partial charge in [-0.3, -0.25) is 4.79 Å². The maximum absolute atomic E-state index is 12.7. The van der Waals surface area contributed by atoms with Crippen molar-refractivity contribution < 1.29 is 4.79 Å². The predicted octanol–water partition coefficient (Wildman–Crippen LogP) is 1.81. The van der Waals surface area contributed by atoms with Crippen LogP contribution in [-0.2, 0) is 20.0 Å². The fourth-order valence-corrected chi connectivity index (χ4v) is 3.00. The van der Waals surface area contributed by atoms with Gasteiger partial charge in [-0.05, 0) is 25.0 Å². The molecule has 0 spiro atoms. The summed E-state index contributed by atoms with van der Waals surface area (Å²) >= 11 is 0. The fourth-order valence-electron chi connectivity index (χ4n) is 3.00. The Kier molecular flexibility index (Phi) is 4.69. The van der Waals surface area contributed by atoms with Gasteiger partial charge in [0.2, 0.25) is 5.95 Å². The van der Waals surface area contributed by atoms with E-state index in [1.54, 1.807) is 0 Å². The molecule has 0 fully saturated rings. The van der Waals surface area contributed by atoms with E-state index in [-0.39, 0.29) is 11.9 Å². The second-order valence-corrected chi connectivity index (χ2v) is 6.12. The molecule has 2 aromatic heterocycles. The third-order valence-corrected chi connectivity index (χ3v) is 4.36. The van der Waals surface area contributed by atoms with Crippen LogP contribution in [0, 0.1) is 0 Å². The lowest BCUT2D eigenvalue weighted by Crippen LogP contribution is -2.38. The summed E-state index contributed by atoms with van der Waals surface area (Å²) in [5.74, 6) is 1.09. The molecular weight excluding hydrogens is 304 g/mol. The molecule has 7 nitrogen and oxygen atoms in total. The standard InChI is InChI=1S/C17H24N6O/c1-3-4-8-19-15-12-7-10-23(11-13(12)20-17(18)21-15)16(24)14-6-5-9-22(14)2/h5-6,9H,3-4,7-8,10-11H2,1-2H3,(H3,18,19,20,21). The van der Waals surface area contributed by atoms with Crippen molar-refractivity contribution in [2.24, 2.45) is 7.05 Å². The predicted molar refractivity (Wildman–Crippen MR) is 93.7 cm³/mol. The first-order valence-electron chi connectivity index (χ1n) is 8.40. The molecule has 1 amide bonds. The van der Waals surface area contributed by atoms with Crippen LogP contribution in [0.5, 0.6) is 0 Å². The number of hydrogen-bond donors (Lipinski definition) is 2. The van der Waals surface area contributed by atoms with Gasteiger partial charge in [0, 0.05) is 31.9 Å². The summed E-state index contributed by atoms with van der Waals surface area (Å²) in [6.45, 7) is 4.14. The highest BCUT2D eigenvalue weighted by Crippen LogP contribution is 2.25. The van der Waals surface area contributed by atoms with Gasteiger partial charge in [0.25, 0.3) is 5.91 Å². The first kappa shape index (κ1) is 16.3. The number of amides is 1. The van der Waals surface area contributed by atoms with Crippen LogP contribution in [-0.4, -0.2) is 38.4 Å². The minimum atomic E-state index is 0.0193. The van der Waals surface area contributed by atoms with Gasteiger partial charge in [-0.1, -0.05) is 13.3 Å². The third kappa shape index (κ3) is 3.20. The lowest BCUT2D eigenvalue weighted by atomic mass is 10.0. The number of nitrogens with zero attached hydrogens (tertiary/aromatic N) is 4. The molecule has 0 bridgehead atoms. The lowest BCUT2D eigenvalue weighted by molar-refractivity contribution is 0.0722. The quantitative estimate of drug-likeness (QED) is 0.817. The smallest absolute Gasteiger partial charge is 0.270 e.